The van der Waals surface area contributed by atoms with Crippen LogP contribution in [0.3, 0.4) is 0 Å². The first-order valence-corrected chi connectivity index (χ1v) is 6.74. The molecule has 5 nitrogen and oxygen atoms in total. The molecule has 0 saturated heterocycles. The Hall–Kier alpha value is -1.82. The normalized spacial score (nSPS) is 9.95. The van der Waals surface area contributed by atoms with Crippen LogP contribution < -0.4 is 15.2 Å². The minimum absolute atomic E-state index is 0.155. The van der Waals surface area contributed by atoms with Crippen LogP contribution in [0, 0.1) is 0 Å². The van der Waals surface area contributed by atoms with Crippen LogP contribution in [0.15, 0.2) is 18.2 Å². The lowest BCUT2D eigenvalue weighted by molar-refractivity contribution is 0.0762. The molecule has 0 spiro atoms. The molecule has 0 saturated carbocycles. The molecule has 0 aliphatic heterocycles. The molecular weight excluding hydrogens is 276 g/mol. The zero-order valence-electron chi connectivity index (χ0n) is 12.0. The average Bonchev–Trinajstić information content (AvgIpc) is 2.46. The number of nitrogens with two attached hydrogens (primary N) is 1. The maximum absolute atomic E-state index is 12.6. The molecular formula is C14H20N2O3S. The zero-order valence-corrected chi connectivity index (χ0v) is 12.8. The van der Waals surface area contributed by atoms with Gasteiger partial charge in [0.05, 0.1) is 19.2 Å². The molecule has 1 aromatic carbocycles. The number of carbonyl (C=O) groups is 1. The Bertz CT molecular complexity index is 469. The number of thiocarbonyl (C=S) groups is 1. The van der Waals surface area contributed by atoms with E-state index in [1.54, 1.807) is 23.1 Å². The molecule has 1 rings (SSSR count). The number of carbonyl (C=O) groups excluding carboxylic acids is 1. The van der Waals surface area contributed by atoms with Crippen molar-refractivity contribution in [2.24, 2.45) is 5.73 Å². The number of hydrogen-bond donors (Lipinski definition) is 1. The predicted octanol–water partition coefficient (Wildman–Crippen LogP) is 1.84. The summed E-state index contributed by atoms with van der Waals surface area (Å²) >= 11 is 4.85. The summed E-state index contributed by atoms with van der Waals surface area (Å²) in [5.41, 5.74) is 5.91. The lowest BCUT2D eigenvalue weighted by Gasteiger charge is -2.22. The van der Waals surface area contributed by atoms with Gasteiger partial charge in [-0.15, -0.1) is 0 Å². The molecule has 20 heavy (non-hydrogen) atoms. The minimum atomic E-state index is -0.155. The number of nitrogens with zero attached hydrogens (tertiary/aromatic N) is 1. The van der Waals surface area contributed by atoms with Crippen LogP contribution in [0.4, 0.5) is 0 Å². The maximum atomic E-state index is 12.6. The first-order chi connectivity index (χ1) is 9.54. The Kier molecular flexibility index (Phi) is 6.24. The summed E-state index contributed by atoms with van der Waals surface area (Å²) in [6.45, 7) is 2.94. The van der Waals surface area contributed by atoms with Gasteiger partial charge < -0.3 is 20.1 Å². The monoisotopic (exact) mass is 296 g/mol. The van der Waals surface area contributed by atoms with Crippen molar-refractivity contribution in [1.29, 1.82) is 0 Å². The van der Waals surface area contributed by atoms with E-state index in [-0.39, 0.29) is 5.91 Å². The van der Waals surface area contributed by atoms with Crippen molar-refractivity contribution in [1.82, 2.24) is 4.90 Å². The number of rotatable bonds is 7. The summed E-state index contributed by atoms with van der Waals surface area (Å²) in [7, 11) is 3.05. The van der Waals surface area contributed by atoms with Crippen molar-refractivity contribution in [3.8, 4) is 11.5 Å². The fraction of sp³-hybridized carbons (Fsp3) is 0.429. The van der Waals surface area contributed by atoms with Gasteiger partial charge >= 0.3 is 0 Å². The maximum Gasteiger partial charge on any atom is 0.261 e. The summed E-state index contributed by atoms with van der Waals surface area (Å²) < 4.78 is 10.5. The minimum Gasteiger partial charge on any atom is -0.496 e. The Morgan fingerprint density at radius 2 is 1.85 bits per heavy atom. The van der Waals surface area contributed by atoms with E-state index in [0.717, 1.165) is 0 Å². The SMILES string of the molecule is CCN(CCC(N)=S)C(=O)c1c(OC)cccc1OC. The molecule has 1 amide bonds. The summed E-state index contributed by atoms with van der Waals surface area (Å²) in [5.74, 6) is 0.823. The molecule has 2 N–H and O–H groups in total. The van der Waals surface area contributed by atoms with E-state index in [9.17, 15) is 4.79 Å². The highest BCUT2D eigenvalue weighted by Crippen LogP contribution is 2.29. The molecule has 6 heteroatoms. The van der Waals surface area contributed by atoms with E-state index >= 15 is 0 Å². The fourth-order valence-electron chi connectivity index (χ4n) is 1.87. The summed E-state index contributed by atoms with van der Waals surface area (Å²) in [4.78, 5) is 14.7. The van der Waals surface area contributed by atoms with Crippen LogP contribution in [0.2, 0.25) is 0 Å². The molecule has 0 bridgehead atoms. The number of hydrogen-bond acceptors (Lipinski definition) is 4. The second-order valence-corrected chi connectivity index (χ2v) is 4.66. The van der Waals surface area contributed by atoms with Crippen molar-refractivity contribution < 1.29 is 14.3 Å². The van der Waals surface area contributed by atoms with Gasteiger partial charge in [0, 0.05) is 19.5 Å². The summed E-state index contributed by atoms with van der Waals surface area (Å²) in [6.07, 6.45) is 0.492. The van der Waals surface area contributed by atoms with Crippen molar-refractivity contribution >= 4 is 23.1 Å². The largest absolute Gasteiger partial charge is 0.496 e. The van der Waals surface area contributed by atoms with Gasteiger partial charge in [-0.25, -0.2) is 0 Å². The van der Waals surface area contributed by atoms with Gasteiger partial charge in [-0.1, -0.05) is 18.3 Å². The van der Waals surface area contributed by atoms with E-state index in [2.05, 4.69) is 0 Å². The summed E-state index contributed by atoms with van der Waals surface area (Å²) in [5, 5.41) is 0. The van der Waals surface area contributed by atoms with Crippen LogP contribution in [-0.2, 0) is 0 Å². The third-order valence-electron chi connectivity index (χ3n) is 2.94. The topological polar surface area (TPSA) is 64.8 Å². The summed E-state index contributed by atoms with van der Waals surface area (Å²) in [6, 6.07) is 5.24. The first-order valence-electron chi connectivity index (χ1n) is 6.33. The van der Waals surface area contributed by atoms with E-state index < -0.39 is 0 Å². The van der Waals surface area contributed by atoms with Gasteiger partial charge in [-0.3, -0.25) is 4.79 Å². The lowest BCUT2D eigenvalue weighted by Crippen LogP contribution is -2.34. The second-order valence-electron chi connectivity index (χ2n) is 4.14. The molecule has 110 valence electrons. The fourth-order valence-corrected chi connectivity index (χ4v) is 1.96. The van der Waals surface area contributed by atoms with Crippen LogP contribution in [0.5, 0.6) is 11.5 Å². The van der Waals surface area contributed by atoms with Crippen molar-refractivity contribution in [2.75, 3.05) is 27.3 Å². The number of amides is 1. The van der Waals surface area contributed by atoms with Crippen LogP contribution in [0.1, 0.15) is 23.7 Å². The van der Waals surface area contributed by atoms with Crippen LogP contribution in [0.25, 0.3) is 0 Å². The third kappa shape index (κ3) is 3.84. The first kappa shape index (κ1) is 16.2. The van der Waals surface area contributed by atoms with Gasteiger partial charge in [0.15, 0.2) is 0 Å². The van der Waals surface area contributed by atoms with Crippen LogP contribution >= 0.6 is 12.2 Å². The molecule has 0 heterocycles. The number of benzene rings is 1. The van der Waals surface area contributed by atoms with Gasteiger partial charge in [0.2, 0.25) is 0 Å². The van der Waals surface area contributed by atoms with Crippen molar-refractivity contribution in [2.45, 2.75) is 13.3 Å². The Morgan fingerprint density at radius 3 is 2.25 bits per heavy atom. The number of methoxy groups -OCH3 is 2. The lowest BCUT2D eigenvalue weighted by atomic mass is 10.1. The Morgan fingerprint density at radius 1 is 1.30 bits per heavy atom. The van der Waals surface area contributed by atoms with Crippen LogP contribution in [-0.4, -0.2) is 43.1 Å². The molecule has 0 fully saturated rings. The Labute approximate surface area is 124 Å². The van der Waals surface area contributed by atoms with Gasteiger partial charge in [-0.05, 0) is 19.1 Å². The molecule has 0 aliphatic rings. The van der Waals surface area contributed by atoms with Gasteiger partial charge in [0.25, 0.3) is 5.91 Å². The van der Waals surface area contributed by atoms with E-state index in [0.29, 0.717) is 41.6 Å². The van der Waals surface area contributed by atoms with Gasteiger partial charge in [0.1, 0.15) is 17.1 Å². The highest BCUT2D eigenvalue weighted by molar-refractivity contribution is 7.80. The molecule has 1 aromatic rings. The molecule has 0 unspecified atom stereocenters. The molecule has 0 aromatic heterocycles. The van der Waals surface area contributed by atoms with Crippen molar-refractivity contribution in [3.63, 3.8) is 0 Å². The molecule has 0 atom stereocenters. The molecule has 0 radical (unpaired) electrons. The predicted molar refractivity (Wildman–Crippen MR) is 82.5 cm³/mol. The van der Waals surface area contributed by atoms with E-state index in [4.69, 9.17) is 27.4 Å². The second kappa shape index (κ2) is 7.69. The van der Waals surface area contributed by atoms with Gasteiger partial charge in [-0.2, -0.15) is 0 Å². The smallest absolute Gasteiger partial charge is 0.261 e. The highest BCUT2D eigenvalue weighted by Gasteiger charge is 2.22. The zero-order chi connectivity index (χ0) is 15.1. The highest BCUT2D eigenvalue weighted by atomic mass is 32.1. The Balaban J connectivity index is 3.07. The van der Waals surface area contributed by atoms with Crippen molar-refractivity contribution in [3.05, 3.63) is 23.8 Å². The standard InChI is InChI=1S/C14H20N2O3S/c1-4-16(9-8-12(15)20)14(17)13-10(18-2)6-5-7-11(13)19-3/h5-7H,4,8-9H2,1-3H3,(H2,15,20). The van der Waals surface area contributed by atoms with E-state index in [1.807, 2.05) is 6.92 Å². The molecule has 0 aliphatic carbocycles. The van der Waals surface area contributed by atoms with E-state index in [1.165, 1.54) is 14.2 Å². The third-order valence-corrected chi connectivity index (χ3v) is 3.14. The number of ether oxygens (including phenoxy) is 2. The quantitative estimate of drug-likeness (QED) is 0.778. The average molecular weight is 296 g/mol.